The smallest absolute Gasteiger partial charge is 0.0631 e. The van der Waals surface area contributed by atoms with Crippen molar-refractivity contribution in [3.8, 4) is 0 Å². The molecule has 16 heavy (non-hydrogen) atoms. The fourth-order valence-electron chi connectivity index (χ4n) is 2.92. The molecule has 3 nitrogen and oxygen atoms in total. The van der Waals surface area contributed by atoms with Gasteiger partial charge in [-0.25, -0.2) is 0 Å². The standard InChI is InChI=1S/C13H22N2O/c1-6-15-9(3)12(8(2)14-15)10-7-11(16)13(10,4)5/h10-11,16H,6-7H2,1-5H3. The van der Waals surface area contributed by atoms with Crippen LogP contribution in [-0.2, 0) is 6.54 Å². The third kappa shape index (κ3) is 1.41. The minimum Gasteiger partial charge on any atom is -0.393 e. The van der Waals surface area contributed by atoms with Gasteiger partial charge in [-0.15, -0.1) is 0 Å². The lowest BCUT2D eigenvalue weighted by molar-refractivity contribution is -0.0629. The van der Waals surface area contributed by atoms with Crippen LogP contribution in [0.25, 0.3) is 0 Å². The van der Waals surface area contributed by atoms with Crippen molar-refractivity contribution in [2.24, 2.45) is 5.41 Å². The molecule has 0 spiro atoms. The van der Waals surface area contributed by atoms with E-state index in [1.54, 1.807) is 0 Å². The molecule has 3 heteroatoms. The van der Waals surface area contributed by atoms with Crippen molar-refractivity contribution in [1.82, 2.24) is 9.78 Å². The van der Waals surface area contributed by atoms with Crippen LogP contribution in [0.1, 0.15) is 50.1 Å². The van der Waals surface area contributed by atoms with E-state index in [2.05, 4.69) is 44.4 Å². The van der Waals surface area contributed by atoms with E-state index in [1.165, 1.54) is 11.3 Å². The molecule has 0 bridgehead atoms. The van der Waals surface area contributed by atoms with Crippen molar-refractivity contribution in [2.75, 3.05) is 0 Å². The zero-order chi connectivity index (χ0) is 12.1. The van der Waals surface area contributed by atoms with Crippen molar-refractivity contribution >= 4 is 0 Å². The van der Waals surface area contributed by atoms with Crippen LogP contribution in [0.2, 0.25) is 0 Å². The first-order valence-electron chi connectivity index (χ1n) is 6.11. The van der Waals surface area contributed by atoms with Crippen LogP contribution in [0.15, 0.2) is 0 Å². The van der Waals surface area contributed by atoms with Gasteiger partial charge in [0, 0.05) is 12.2 Å². The first kappa shape index (κ1) is 11.6. The lowest BCUT2D eigenvalue weighted by Gasteiger charge is -2.49. The summed E-state index contributed by atoms with van der Waals surface area (Å²) in [5, 5.41) is 14.4. The largest absolute Gasteiger partial charge is 0.393 e. The van der Waals surface area contributed by atoms with Gasteiger partial charge in [0.15, 0.2) is 0 Å². The molecule has 1 aliphatic rings. The molecule has 1 N–H and O–H groups in total. The molecular formula is C13H22N2O. The average Bonchev–Trinajstić information content (AvgIpc) is 2.51. The highest BCUT2D eigenvalue weighted by Gasteiger charge is 2.49. The molecule has 0 saturated heterocycles. The Kier molecular flexibility index (Phi) is 2.61. The predicted octanol–water partition coefficient (Wildman–Crippen LogP) is 2.39. The molecule has 90 valence electrons. The number of nitrogens with zero attached hydrogens (tertiary/aromatic N) is 2. The molecule has 1 aromatic rings. The topological polar surface area (TPSA) is 38.0 Å². The van der Waals surface area contributed by atoms with Crippen molar-refractivity contribution in [1.29, 1.82) is 0 Å². The highest BCUT2D eigenvalue weighted by molar-refractivity contribution is 5.33. The number of aliphatic hydroxyl groups excluding tert-OH is 1. The maximum atomic E-state index is 9.83. The van der Waals surface area contributed by atoms with E-state index in [0.717, 1.165) is 18.7 Å². The van der Waals surface area contributed by atoms with Crippen LogP contribution in [0.5, 0.6) is 0 Å². The molecule has 1 saturated carbocycles. The van der Waals surface area contributed by atoms with E-state index in [4.69, 9.17) is 0 Å². The summed E-state index contributed by atoms with van der Waals surface area (Å²) in [5.41, 5.74) is 3.75. The molecule has 2 atom stereocenters. The molecule has 1 fully saturated rings. The minimum absolute atomic E-state index is 0.00285. The Hall–Kier alpha value is -0.830. The van der Waals surface area contributed by atoms with Gasteiger partial charge in [0.05, 0.1) is 11.8 Å². The van der Waals surface area contributed by atoms with Crippen LogP contribution in [0.4, 0.5) is 0 Å². The third-order valence-corrected chi connectivity index (χ3v) is 4.30. The van der Waals surface area contributed by atoms with Crippen LogP contribution >= 0.6 is 0 Å². The van der Waals surface area contributed by atoms with Gasteiger partial charge in [-0.3, -0.25) is 4.68 Å². The Balaban J connectivity index is 2.39. The molecule has 1 aliphatic carbocycles. The van der Waals surface area contributed by atoms with Gasteiger partial charge in [-0.1, -0.05) is 13.8 Å². The summed E-state index contributed by atoms with van der Waals surface area (Å²) in [6.07, 6.45) is 0.714. The van der Waals surface area contributed by atoms with E-state index in [1.807, 2.05) is 0 Å². The number of aliphatic hydroxyl groups is 1. The summed E-state index contributed by atoms with van der Waals surface area (Å²) in [6.45, 7) is 11.5. The second-order valence-electron chi connectivity index (χ2n) is 5.53. The lowest BCUT2D eigenvalue weighted by atomic mass is 9.57. The van der Waals surface area contributed by atoms with Gasteiger partial charge in [0.25, 0.3) is 0 Å². The maximum Gasteiger partial charge on any atom is 0.0631 e. The van der Waals surface area contributed by atoms with Gasteiger partial charge < -0.3 is 5.11 Å². The summed E-state index contributed by atoms with van der Waals surface area (Å²) in [5.74, 6) is 0.461. The molecule has 0 radical (unpaired) electrons. The lowest BCUT2D eigenvalue weighted by Crippen LogP contribution is -2.47. The molecule has 0 amide bonds. The van der Waals surface area contributed by atoms with Crippen LogP contribution in [0.3, 0.4) is 0 Å². The van der Waals surface area contributed by atoms with Crippen LogP contribution < -0.4 is 0 Å². The van der Waals surface area contributed by atoms with Crippen LogP contribution in [-0.4, -0.2) is 21.0 Å². The van der Waals surface area contributed by atoms with Gasteiger partial charge in [0.1, 0.15) is 0 Å². The van der Waals surface area contributed by atoms with Gasteiger partial charge in [-0.05, 0) is 44.1 Å². The van der Waals surface area contributed by atoms with E-state index in [-0.39, 0.29) is 11.5 Å². The van der Waals surface area contributed by atoms with Crippen molar-refractivity contribution in [3.63, 3.8) is 0 Å². The normalized spacial score (nSPS) is 27.9. The third-order valence-electron chi connectivity index (χ3n) is 4.30. The monoisotopic (exact) mass is 222 g/mol. The predicted molar refractivity (Wildman–Crippen MR) is 64.5 cm³/mol. The first-order chi connectivity index (χ1) is 7.39. The number of hydrogen-bond donors (Lipinski definition) is 1. The van der Waals surface area contributed by atoms with Crippen molar-refractivity contribution < 1.29 is 5.11 Å². The van der Waals surface area contributed by atoms with E-state index in [0.29, 0.717) is 5.92 Å². The molecule has 1 heterocycles. The van der Waals surface area contributed by atoms with Crippen molar-refractivity contribution in [3.05, 3.63) is 17.0 Å². The summed E-state index contributed by atoms with van der Waals surface area (Å²) in [7, 11) is 0. The van der Waals surface area contributed by atoms with E-state index in [9.17, 15) is 5.11 Å². The Morgan fingerprint density at radius 2 is 2.06 bits per heavy atom. The second kappa shape index (κ2) is 3.59. The highest BCUT2D eigenvalue weighted by atomic mass is 16.3. The zero-order valence-corrected chi connectivity index (χ0v) is 10.9. The summed E-state index contributed by atoms with van der Waals surface area (Å²) in [4.78, 5) is 0. The van der Waals surface area contributed by atoms with Gasteiger partial charge in [0.2, 0.25) is 0 Å². The second-order valence-corrected chi connectivity index (χ2v) is 5.53. The summed E-state index contributed by atoms with van der Waals surface area (Å²) >= 11 is 0. The first-order valence-corrected chi connectivity index (χ1v) is 6.11. The Morgan fingerprint density at radius 3 is 2.44 bits per heavy atom. The molecule has 2 unspecified atom stereocenters. The van der Waals surface area contributed by atoms with Crippen LogP contribution in [0, 0.1) is 19.3 Å². The number of hydrogen-bond acceptors (Lipinski definition) is 2. The van der Waals surface area contributed by atoms with E-state index < -0.39 is 0 Å². The molecule has 2 rings (SSSR count). The Bertz CT molecular complexity index is 406. The molecule has 1 aromatic heterocycles. The van der Waals surface area contributed by atoms with Gasteiger partial charge in [-0.2, -0.15) is 5.10 Å². The average molecular weight is 222 g/mol. The molecule has 0 aliphatic heterocycles. The summed E-state index contributed by atoms with van der Waals surface area (Å²) < 4.78 is 2.06. The molecule has 0 aromatic carbocycles. The number of rotatable bonds is 2. The molecular weight excluding hydrogens is 200 g/mol. The summed E-state index contributed by atoms with van der Waals surface area (Å²) in [6, 6.07) is 0. The highest BCUT2D eigenvalue weighted by Crippen LogP contribution is 2.53. The fraction of sp³-hybridized carbons (Fsp3) is 0.769. The Labute approximate surface area is 97.5 Å². The van der Waals surface area contributed by atoms with Crippen molar-refractivity contribution in [2.45, 2.75) is 59.6 Å². The maximum absolute atomic E-state index is 9.83. The number of aryl methyl sites for hydroxylation is 2. The van der Waals surface area contributed by atoms with Gasteiger partial charge >= 0.3 is 0 Å². The zero-order valence-electron chi connectivity index (χ0n) is 10.9. The Morgan fingerprint density at radius 1 is 1.44 bits per heavy atom. The quantitative estimate of drug-likeness (QED) is 0.834. The van der Waals surface area contributed by atoms with E-state index >= 15 is 0 Å². The fourth-order valence-corrected chi connectivity index (χ4v) is 2.92. The SMILES string of the molecule is CCn1nc(C)c(C2CC(O)C2(C)C)c1C. The number of aromatic nitrogens is 2. The minimum atomic E-state index is -0.165.